The lowest BCUT2D eigenvalue weighted by atomic mass is 9.72. The first-order chi connectivity index (χ1) is 10.7. The van der Waals surface area contributed by atoms with Crippen LogP contribution in [0.15, 0.2) is 43.1 Å². The van der Waals surface area contributed by atoms with Gasteiger partial charge in [0.05, 0.1) is 5.69 Å². The first-order valence-electron chi connectivity index (χ1n) is 7.96. The topological polar surface area (TPSA) is 45.8 Å². The predicted molar refractivity (Wildman–Crippen MR) is 89.2 cm³/mol. The third-order valence-electron chi connectivity index (χ3n) is 4.79. The summed E-state index contributed by atoms with van der Waals surface area (Å²) in [5, 5.41) is 7.02. The van der Waals surface area contributed by atoms with Gasteiger partial charge in [-0.05, 0) is 42.9 Å². The van der Waals surface area contributed by atoms with E-state index in [-0.39, 0.29) is 5.92 Å². The average molecular weight is 294 g/mol. The molecule has 1 aliphatic rings. The largest absolute Gasteiger partial charge is 0.300 e. The van der Waals surface area contributed by atoms with Gasteiger partial charge in [0.15, 0.2) is 0 Å². The number of nitrogens with one attached hydrogen (secondary N) is 1. The highest BCUT2D eigenvalue weighted by Crippen LogP contribution is 2.39. The van der Waals surface area contributed by atoms with Gasteiger partial charge in [0, 0.05) is 17.7 Å². The maximum Gasteiger partial charge on any atom is 0.133 e. The normalized spacial score (nSPS) is 21.5. The van der Waals surface area contributed by atoms with Crippen molar-refractivity contribution in [3.8, 4) is 11.3 Å². The molecule has 114 valence electrons. The predicted octanol–water partition coefficient (Wildman–Crippen LogP) is 4.49. The zero-order valence-electron chi connectivity index (χ0n) is 13.0. The van der Waals surface area contributed by atoms with E-state index < -0.39 is 0 Å². The molecule has 0 aliphatic heterocycles. The van der Waals surface area contributed by atoms with Crippen molar-refractivity contribution in [2.45, 2.75) is 32.6 Å². The number of aromatic nitrogens is 2. The first-order valence-corrected chi connectivity index (χ1v) is 7.96. The quantitative estimate of drug-likeness (QED) is 0.903. The van der Waals surface area contributed by atoms with Crippen LogP contribution in [0.25, 0.3) is 16.8 Å². The fraction of sp³-hybridized carbons (Fsp3) is 0.368. The number of benzene rings is 1. The van der Waals surface area contributed by atoms with Gasteiger partial charge in [-0.3, -0.25) is 9.89 Å². The second-order valence-electron chi connectivity index (χ2n) is 6.17. The number of allylic oxidation sites excluding steroid dienone is 1. The zero-order valence-corrected chi connectivity index (χ0v) is 13.0. The molecular weight excluding hydrogens is 272 g/mol. The molecule has 1 aromatic heterocycles. The molecule has 3 rings (SSSR count). The minimum Gasteiger partial charge on any atom is -0.300 e. The van der Waals surface area contributed by atoms with Crippen molar-refractivity contribution >= 4 is 11.4 Å². The van der Waals surface area contributed by atoms with E-state index in [1.165, 1.54) is 6.42 Å². The van der Waals surface area contributed by atoms with Crippen LogP contribution in [0.2, 0.25) is 0 Å². The Bertz CT molecular complexity index is 655. The van der Waals surface area contributed by atoms with Crippen molar-refractivity contribution in [3.05, 3.63) is 48.7 Å². The maximum absolute atomic E-state index is 11.9. The molecule has 1 aromatic carbocycles. The molecule has 1 aliphatic carbocycles. The van der Waals surface area contributed by atoms with Crippen molar-refractivity contribution in [1.82, 2.24) is 10.2 Å². The summed E-state index contributed by atoms with van der Waals surface area (Å²) >= 11 is 0. The lowest BCUT2D eigenvalue weighted by molar-refractivity contribution is -0.122. The number of carbonyl (C=O) groups is 1. The fourth-order valence-corrected chi connectivity index (χ4v) is 3.52. The first kappa shape index (κ1) is 14.8. The second-order valence-corrected chi connectivity index (χ2v) is 6.17. The number of carbonyl (C=O) groups excluding carboxylic acids is 1. The summed E-state index contributed by atoms with van der Waals surface area (Å²) in [5.74, 6) is 0.744. The van der Waals surface area contributed by atoms with E-state index in [0.29, 0.717) is 11.7 Å². The van der Waals surface area contributed by atoms with Crippen molar-refractivity contribution in [3.63, 3.8) is 0 Å². The van der Waals surface area contributed by atoms with Crippen LogP contribution in [0.5, 0.6) is 0 Å². The molecule has 22 heavy (non-hydrogen) atoms. The molecule has 0 saturated heterocycles. The van der Waals surface area contributed by atoms with Crippen LogP contribution < -0.4 is 0 Å². The third-order valence-corrected chi connectivity index (χ3v) is 4.79. The number of hydrogen-bond acceptors (Lipinski definition) is 2. The maximum atomic E-state index is 11.9. The Balaban J connectivity index is 1.81. The summed E-state index contributed by atoms with van der Waals surface area (Å²) < 4.78 is 0. The third kappa shape index (κ3) is 2.89. The van der Waals surface area contributed by atoms with Crippen LogP contribution in [0, 0.1) is 11.8 Å². The van der Waals surface area contributed by atoms with Gasteiger partial charge in [0.1, 0.15) is 5.78 Å². The number of hydrogen-bond donors (Lipinski definition) is 1. The van der Waals surface area contributed by atoms with Gasteiger partial charge >= 0.3 is 0 Å². The molecule has 3 heteroatoms. The molecule has 1 N–H and O–H groups in total. The lowest BCUT2D eigenvalue weighted by Gasteiger charge is -2.31. The van der Waals surface area contributed by atoms with E-state index in [2.05, 4.69) is 41.0 Å². The minimum atomic E-state index is 0.146. The SMILES string of the molecule is C=C(c1ccc(-c2cc[nH]n2)cc1)C1CCCCC1C(C)=O. The number of H-pyrrole nitrogens is 1. The van der Waals surface area contributed by atoms with Gasteiger partial charge < -0.3 is 0 Å². The molecule has 0 bridgehead atoms. The van der Waals surface area contributed by atoms with E-state index in [0.717, 1.165) is 41.7 Å². The molecule has 2 aromatic rings. The molecule has 1 fully saturated rings. The second kappa shape index (κ2) is 6.30. The molecule has 1 heterocycles. The molecule has 2 unspecified atom stereocenters. The van der Waals surface area contributed by atoms with E-state index in [1.807, 2.05) is 12.3 Å². The van der Waals surface area contributed by atoms with E-state index in [4.69, 9.17) is 0 Å². The van der Waals surface area contributed by atoms with Crippen LogP contribution in [0.4, 0.5) is 0 Å². The molecule has 1 saturated carbocycles. The molecule has 0 spiro atoms. The van der Waals surface area contributed by atoms with Gasteiger partial charge in [-0.25, -0.2) is 0 Å². The summed E-state index contributed by atoms with van der Waals surface area (Å²) in [4.78, 5) is 11.9. The Morgan fingerprint density at radius 2 is 1.82 bits per heavy atom. The fourth-order valence-electron chi connectivity index (χ4n) is 3.52. The monoisotopic (exact) mass is 294 g/mol. The average Bonchev–Trinajstić information content (AvgIpc) is 3.09. The lowest BCUT2D eigenvalue weighted by Crippen LogP contribution is -2.26. The van der Waals surface area contributed by atoms with E-state index in [1.54, 1.807) is 6.92 Å². The van der Waals surface area contributed by atoms with Gasteiger partial charge in [-0.2, -0.15) is 5.10 Å². The van der Waals surface area contributed by atoms with Crippen LogP contribution in [-0.4, -0.2) is 16.0 Å². The van der Waals surface area contributed by atoms with Crippen molar-refractivity contribution < 1.29 is 4.79 Å². The van der Waals surface area contributed by atoms with Gasteiger partial charge in [-0.1, -0.05) is 43.7 Å². The highest BCUT2D eigenvalue weighted by atomic mass is 16.1. The minimum absolute atomic E-state index is 0.146. The molecular formula is C19H22N2O. The van der Waals surface area contributed by atoms with Gasteiger partial charge in [0.2, 0.25) is 0 Å². The Morgan fingerprint density at radius 1 is 1.14 bits per heavy atom. The number of nitrogens with zero attached hydrogens (tertiary/aromatic N) is 1. The van der Waals surface area contributed by atoms with Gasteiger partial charge in [0.25, 0.3) is 0 Å². The van der Waals surface area contributed by atoms with Gasteiger partial charge in [-0.15, -0.1) is 0 Å². The Labute approximate surface area is 131 Å². The summed E-state index contributed by atoms with van der Waals surface area (Å²) in [6, 6.07) is 10.3. The Hall–Kier alpha value is -2.16. The Kier molecular flexibility index (Phi) is 4.23. The highest BCUT2D eigenvalue weighted by molar-refractivity contribution is 5.82. The zero-order chi connectivity index (χ0) is 15.5. The van der Waals surface area contributed by atoms with Crippen molar-refractivity contribution in [2.24, 2.45) is 11.8 Å². The van der Waals surface area contributed by atoms with Crippen LogP contribution in [0.3, 0.4) is 0 Å². The van der Waals surface area contributed by atoms with Crippen LogP contribution >= 0.6 is 0 Å². The molecule has 2 atom stereocenters. The van der Waals surface area contributed by atoms with Crippen molar-refractivity contribution in [1.29, 1.82) is 0 Å². The number of ketones is 1. The van der Waals surface area contributed by atoms with Crippen molar-refractivity contribution in [2.75, 3.05) is 0 Å². The van der Waals surface area contributed by atoms with Crippen LogP contribution in [0.1, 0.15) is 38.2 Å². The summed E-state index contributed by atoms with van der Waals surface area (Å²) in [6.07, 6.45) is 6.25. The standard InChI is InChI=1S/C19H22N2O/c1-13(17-5-3-4-6-18(17)14(2)22)15-7-9-16(10-8-15)19-11-12-20-21-19/h7-12,17-18H,1,3-6H2,2H3,(H,20,21). The Morgan fingerprint density at radius 3 is 2.41 bits per heavy atom. The number of rotatable bonds is 4. The molecule has 0 radical (unpaired) electrons. The molecule has 3 nitrogen and oxygen atoms in total. The number of aromatic amines is 1. The number of Topliss-reactive ketones (excluding diaryl/α,β-unsaturated/α-hetero) is 1. The summed E-state index contributed by atoms with van der Waals surface area (Å²) in [7, 11) is 0. The summed E-state index contributed by atoms with van der Waals surface area (Å²) in [6.45, 7) is 6.02. The van der Waals surface area contributed by atoms with Crippen LogP contribution in [-0.2, 0) is 4.79 Å². The van der Waals surface area contributed by atoms with E-state index in [9.17, 15) is 4.79 Å². The molecule has 0 amide bonds. The summed E-state index contributed by atoms with van der Waals surface area (Å²) in [5.41, 5.74) is 4.27. The highest BCUT2D eigenvalue weighted by Gasteiger charge is 2.30. The van der Waals surface area contributed by atoms with E-state index >= 15 is 0 Å². The smallest absolute Gasteiger partial charge is 0.133 e.